The summed E-state index contributed by atoms with van der Waals surface area (Å²) >= 11 is 3.47. The first-order valence-corrected chi connectivity index (χ1v) is 6.89. The van der Waals surface area contributed by atoms with Crippen LogP contribution in [0.2, 0.25) is 0 Å². The van der Waals surface area contributed by atoms with Crippen LogP contribution in [0.5, 0.6) is 0 Å². The predicted molar refractivity (Wildman–Crippen MR) is 79.4 cm³/mol. The molecule has 0 unspecified atom stereocenters. The van der Waals surface area contributed by atoms with Gasteiger partial charge in [-0.15, -0.1) is 0 Å². The van der Waals surface area contributed by atoms with E-state index in [1.54, 1.807) is 0 Å². The third kappa shape index (κ3) is 1.83. The molecule has 0 spiro atoms. The third-order valence-corrected chi connectivity index (χ3v) is 3.70. The number of benzene rings is 1. The van der Waals surface area contributed by atoms with Crippen LogP contribution in [0.4, 0.5) is 5.82 Å². The van der Waals surface area contributed by atoms with Gasteiger partial charge in [0.25, 0.3) is 0 Å². The number of fused-ring (bicyclic) bond motifs is 1. The van der Waals surface area contributed by atoms with Gasteiger partial charge in [-0.3, -0.25) is 5.10 Å². The monoisotopic (exact) mass is 319 g/mol. The van der Waals surface area contributed by atoms with Crippen LogP contribution in [-0.2, 0) is 6.42 Å². The normalized spacial score (nSPS) is 11.3. The Bertz CT molecular complexity index is 756. The van der Waals surface area contributed by atoms with Gasteiger partial charge in [-0.1, -0.05) is 22.9 Å². The molecule has 98 valence electrons. The van der Waals surface area contributed by atoms with E-state index in [2.05, 4.69) is 51.1 Å². The molecule has 3 N–H and O–H groups in total. The van der Waals surface area contributed by atoms with Gasteiger partial charge in [0.05, 0.1) is 16.8 Å². The van der Waals surface area contributed by atoms with Crippen molar-refractivity contribution < 1.29 is 0 Å². The molecular formula is C13H14BrN5. The molecule has 1 aromatic carbocycles. The van der Waals surface area contributed by atoms with E-state index >= 15 is 0 Å². The summed E-state index contributed by atoms with van der Waals surface area (Å²) in [6.45, 7) is 4.11. The summed E-state index contributed by atoms with van der Waals surface area (Å²) in [6, 6.07) is 6.08. The van der Waals surface area contributed by atoms with Crippen molar-refractivity contribution in [3.8, 4) is 5.69 Å². The average Bonchev–Trinajstić information content (AvgIpc) is 2.91. The number of nitrogens with one attached hydrogen (secondary N) is 1. The minimum Gasteiger partial charge on any atom is -0.383 e. The first kappa shape index (κ1) is 12.2. The topological polar surface area (TPSA) is 72.5 Å². The number of halogens is 1. The van der Waals surface area contributed by atoms with Crippen molar-refractivity contribution in [3.05, 3.63) is 33.9 Å². The molecule has 3 rings (SSSR count). The summed E-state index contributed by atoms with van der Waals surface area (Å²) in [4.78, 5) is 0. The number of H-pyrrole nitrogens is 1. The molecular weight excluding hydrogens is 306 g/mol. The molecule has 6 heteroatoms. The maximum absolute atomic E-state index is 5.93. The van der Waals surface area contributed by atoms with Crippen LogP contribution in [0, 0.1) is 6.92 Å². The second-order valence-electron chi connectivity index (χ2n) is 4.48. The van der Waals surface area contributed by atoms with Gasteiger partial charge in [0.15, 0.2) is 5.65 Å². The molecule has 0 atom stereocenters. The number of anilines is 1. The van der Waals surface area contributed by atoms with Crippen molar-refractivity contribution >= 4 is 32.8 Å². The van der Waals surface area contributed by atoms with E-state index < -0.39 is 0 Å². The quantitative estimate of drug-likeness (QED) is 0.762. The second-order valence-corrected chi connectivity index (χ2v) is 5.39. The number of aromatic nitrogens is 4. The average molecular weight is 320 g/mol. The predicted octanol–water partition coefficient (Wildman–Crippen LogP) is 2.96. The summed E-state index contributed by atoms with van der Waals surface area (Å²) in [6.07, 6.45) is 0.822. The van der Waals surface area contributed by atoms with E-state index in [1.807, 2.05) is 16.8 Å². The Morgan fingerprint density at radius 1 is 1.42 bits per heavy atom. The lowest BCUT2D eigenvalue weighted by molar-refractivity contribution is 0.839. The lowest BCUT2D eigenvalue weighted by Crippen LogP contribution is -2.00. The van der Waals surface area contributed by atoms with E-state index in [4.69, 9.17) is 5.73 Å². The van der Waals surface area contributed by atoms with E-state index in [9.17, 15) is 0 Å². The summed E-state index contributed by atoms with van der Waals surface area (Å²) < 4.78 is 2.90. The van der Waals surface area contributed by atoms with Crippen molar-refractivity contribution in [1.29, 1.82) is 0 Å². The molecule has 0 saturated heterocycles. The van der Waals surface area contributed by atoms with Crippen LogP contribution in [-0.4, -0.2) is 20.0 Å². The molecule has 0 radical (unpaired) electrons. The standard InChI is InChI=1S/C13H14BrN5/c1-3-9-11-12(15)16-17-13(11)19(18-9)10-5-4-8(14)6-7(10)2/h4-6H,3H2,1-2H3,(H3,15,16,17). The molecule has 0 aliphatic rings. The summed E-state index contributed by atoms with van der Waals surface area (Å²) in [5.41, 5.74) is 9.81. The van der Waals surface area contributed by atoms with Crippen molar-refractivity contribution in [1.82, 2.24) is 20.0 Å². The molecule has 0 aliphatic heterocycles. The van der Waals surface area contributed by atoms with Gasteiger partial charge in [0.2, 0.25) is 0 Å². The Kier molecular flexibility index (Phi) is 2.82. The highest BCUT2D eigenvalue weighted by Gasteiger charge is 2.17. The highest BCUT2D eigenvalue weighted by Crippen LogP contribution is 2.27. The Balaban J connectivity index is 2.30. The third-order valence-electron chi connectivity index (χ3n) is 3.21. The summed E-state index contributed by atoms with van der Waals surface area (Å²) in [7, 11) is 0. The van der Waals surface area contributed by atoms with Gasteiger partial charge in [0.1, 0.15) is 5.82 Å². The molecule has 5 nitrogen and oxygen atoms in total. The van der Waals surface area contributed by atoms with Crippen LogP contribution in [0.15, 0.2) is 22.7 Å². The number of aromatic amines is 1. The maximum Gasteiger partial charge on any atom is 0.186 e. The SMILES string of the molecule is CCc1nn(-c2ccc(Br)cc2C)c2n[nH]c(N)c12. The zero-order valence-electron chi connectivity index (χ0n) is 10.7. The number of nitrogens with zero attached hydrogens (tertiary/aromatic N) is 3. The van der Waals surface area contributed by atoms with E-state index in [0.29, 0.717) is 5.82 Å². The van der Waals surface area contributed by atoms with Crippen LogP contribution in [0.1, 0.15) is 18.2 Å². The molecule has 0 bridgehead atoms. The molecule has 19 heavy (non-hydrogen) atoms. The number of rotatable bonds is 2. The molecule has 2 heterocycles. The zero-order valence-corrected chi connectivity index (χ0v) is 12.3. The number of aryl methyl sites for hydroxylation is 2. The Hall–Kier alpha value is -1.82. The highest BCUT2D eigenvalue weighted by molar-refractivity contribution is 9.10. The number of hydrogen-bond donors (Lipinski definition) is 2. The van der Waals surface area contributed by atoms with Crippen LogP contribution >= 0.6 is 15.9 Å². The minimum absolute atomic E-state index is 0.577. The van der Waals surface area contributed by atoms with Gasteiger partial charge in [-0.2, -0.15) is 10.2 Å². The molecule has 0 fully saturated rings. The van der Waals surface area contributed by atoms with Crippen LogP contribution in [0.25, 0.3) is 16.7 Å². The number of hydrogen-bond acceptors (Lipinski definition) is 3. The first-order chi connectivity index (χ1) is 9.11. The van der Waals surface area contributed by atoms with Gasteiger partial charge in [-0.25, -0.2) is 4.68 Å². The van der Waals surface area contributed by atoms with Crippen LogP contribution in [0.3, 0.4) is 0 Å². The van der Waals surface area contributed by atoms with E-state index in [-0.39, 0.29) is 0 Å². The molecule has 0 aliphatic carbocycles. The van der Waals surface area contributed by atoms with Crippen molar-refractivity contribution in [2.45, 2.75) is 20.3 Å². The zero-order chi connectivity index (χ0) is 13.6. The smallest absolute Gasteiger partial charge is 0.186 e. The molecule has 2 aromatic heterocycles. The van der Waals surface area contributed by atoms with E-state index in [0.717, 1.165) is 38.9 Å². The molecule has 3 aromatic rings. The first-order valence-electron chi connectivity index (χ1n) is 6.09. The number of nitrogens with two attached hydrogens (primary N) is 1. The maximum atomic E-state index is 5.93. The Morgan fingerprint density at radius 2 is 2.21 bits per heavy atom. The van der Waals surface area contributed by atoms with Crippen molar-refractivity contribution in [2.24, 2.45) is 0 Å². The Morgan fingerprint density at radius 3 is 2.89 bits per heavy atom. The Labute approximate surface area is 118 Å². The van der Waals surface area contributed by atoms with E-state index in [1.165, 1.54) is 0 Å². The van der Waals surface area contributed by atoms with Gasteiger partial charge >= 0.3 is 0 Å². The second kappa shape index (κ2) is 4.38. The highest BCUT2D eigenvalue weighted by atomic mass is 79.9. The number of nitrogen functional groups attached to an aromatic ring is 1. The van der Waals surface area contributed by atoms with Gasteiger partial charge in [0, 0.05) is 4.47 Å². The van der Waals surface area contributed by atoms with Gasteiger partial charge < -0.3 is 5.73 Å². The summed E-state index contributed by atoms with van der Waals surface area (Å²) in [5, 5.41) is 12.6. The fourth-order valence-corrected chi connectivity index (χ4v) is 2.75. The lowest BCUT2D eigenvalue weighted by Gasteiger charge is -2.06. The fourth-order valence-electron chi connectivity index (χ4n) is 2.27. The lowest BCUT2D eigenvalue weighted by atomic mass is 10.2. The van der Waals surface area contributed by atoms with Gasteiger partial charge in [-0.05, 0) is 37.1 Å². The van der Waals surface area contributed by atoms with Crippen molar-refractivity contribution in [3.63, 3.8) is 0 Å². The van der Waals surface area contributed by atoms with Crippen molar-refractivity contribution in [2.75, 3.05) is 5.73 Å². The molecule has 0 amide bonds. The van der Waals surface area contributed by atoms with Crippen LogP contribution < -0.4 is 5.73 Å². The fraction of sp³-hybridized carbons (Fsp3) is 0.231. The minimum atomic E-state index is 0.577. The largest absolute Gasteiger partial charge is 0.383 e. The summed E-state index contributed by atoms with van der Waals surface area (Å²) in [5.74, 6) is 0.577. The molecule has 0 saturated carbocycles.